The predicted molar refractivity (Wildman–Crippen MR) is 81.5 cm³/mol. The molecule has 1 atom stereocenters. The van der Waals surface area contributed by atoms with Gasteiger partial charge in [0.05, 0.1) is 0 Å². The van der Waals surface area contributed by atoms with Crippen molar-refractivity contribution in [2.24, 2.45) is 11.7 Å². The Balaban J connectivity index is 1.55. The van der Waals surface area contributed by atoms with Gasteiger partial charge in [0.1, 0.15) is 12.4 Å². The van der Waals surface area contributed by atoms with Crippen LogP contribution in [0.3, 0.4) is 0 Å². The fourth-order valence-electron chi connectivity index (χ4n) is 2.40. The quantitative estimate of drug-likeness (QED) is 0.856. The van der Waals surface area contributed by atoms with Crippen molar-refractivity contribution in [2.75, 3.05) is 0 Å². The fraction of sp³-hybridized carbons (Fsp3) is 0.333. The van der Waals surface area contributed by atoms with Gasteiger partial charge in [0.2, 0.25) is 0 Å². The third-order valence-electron chi connectivity index (χ3n) is 3.84. The third kappa shape index (κ3) is 3.61. The Morgan fingerprint density at radius 1 is 1.00 bits per heavy atom. The second-order valence-corrected chi connectivity index (χ2v) is 5.63. The molecule has 0 saturated heterocycles. The molecule has 2 nitrogen and oxygen atoms in total. The third-order valence-corrected chi connectivity index (χ3v) is 3.84. The normalized spacial score (nSPS) is 15.8. The Kier molecular flexibility index (Phi) is 4.03. The topological polar surface area (TPSA) is 35.2 Å². The van der Waals surface area contributed by atoms with E-state index >= 15 is 0 Å². The van der Waals surface area contributed by atoms with Crippen LogP contribution < -0.4 is 10.5 Å². The van der Waals surface area contributed by atoms with E-state index in [2.05, 4.69) is 24.3 Å². The highest BCUT2D eigenvalue weighted by molar-refractivity contribution is 5.29. The van der Waals surface area contributed by atoms with E-state index in [1.165, 1.54) is 24.0 Å². The maximum atomic E-state index is 6.21. The second kappa shape index (κ2) is 6.10. The summed E-state index contributed by atoms with van der Waals surface area (Å²) in [6, 6.07) is 18.6. The van der Waals surface area contributed by atoms with Crippen LogP contribution in [-0.4, -0.2) is 0 Å². The molecule has 1 saturated carbocycles. The summed E-state index contributed by atoms with van der Waals surface area (Å²) in [6.45, 7) is 0.605. The van der Waals surface area contributed by atoms with E-state index in [9.17, 15) is 0 Å². The molecular formula is C18H21NO. The van der Waals surface area contributed by atoms with E-state index in [1.54, 1.807) is 0 Å². The van der Waals surface area contributed by atoms with Crippen molar-refractivity contribution in [3.05, 3.63) is 65.7 Å². The first kappa shape index (κ1) is 13.2. The first-order chi connectivity index (χ1) is 9.81. The molecule has 20 heavy (non-hydrogen) atoms. The number of benzene rings is 2. The summed E-state index contributed by atoms with van der Waals surface area (Å²) in [4.78, 5) is 0. The van der Waals surface area contributed by atoms with Gasteiger partial charge in [-0.25, -0.2) is 0 Å². The van der Waals surface area contributed by atoms with Gasteiger partial charge in [-0.1, -0.05) is 55.3 Å². The summed E-state index contributed by atoms with van der Waals surface area (Å²) >= 11 is 0. The zero-order valence-electron chi connectivity index (χ0n) is 11.7. The monoisotopic (exact) mass is 267 g/mol. The highest BCUT2D eigenvalue weighted by Crippen LogP contribution is 2.36. The molecule has 0 unspecified atom stereocenters. The summed E-state index contributed by atoms with van der Waals surface area (Å²) in [7, 11) is 0. The lowest BCUT2D eigenvalue weighted by Crippen LogP contribution is -2.10. The molecule has 1 fully saturated rings. The van der Waals surface area contributed by atoms with Crippen molar-refractivity contribution in [3.63, 3.8) is 0 Å². The molecule has 0 spiro atoms. The van der Waals surface area contributed by atoms with Gasteiger partial charge >= 0.3 is 0 Å². The number of nitrogens with two attached hydrogens (primary N) is 1. The molecule has 0 aliphatic heterocycles. The summed E-state index contributed by atoms with van der Waals surface area (Å²) < 4.78 is 5.78. The lowest BCUT2D eigenvalue weighted by atomic mass is 10.0. The smallest absolute Gasteiger partial charge is 0.119 e. The number of hydrogen-bond acceptors (Lipinski definition) is 2. The van der Waals surface area contributed by atoms with Crippen LogP contribution in [0.1, 0.15) is 36.4 Å². The molecule has 3 rings (SSSR count). The molecule has 0 heterocycles. The van der Waals surface area contributed by atoms with Crippen LogP contribution in [0.2, 0.25) is 0 Å². The molecule has 2 N–H and O–H groups in total. The van der Waals surface area contributed by atoms with Crippen molar-refractivity contribution >= 4 is 0 Å². The molecule has 0 aromatic heterocycles. The zero-order chi connectivity index (χ0) is 13.8. The van der Waals surface area contributed by atoms with E-state index in [0.29, 0.717) is 6.61 Å². The molecule has 0 bridgehead atoms. The summed E-state index contributed by atoms with van der Waals surface area (Å²) in [5.41, 5.74) is 8.60. The Hall–Kier alpha value is -1.80. The minimum Gasteiger partial charge on any atom is -0.489 e. The molecule has 1 aliphatic rings. The van der Waals surface area contributed by atoms with Gasteiger partial charge in [-0.15, -0.1) is 0 Å². The molecule has 1 aliphatic carbocycles. The maximum absolute atomic E-state index is 6.21. The number of ether oxygens (including phenoxy) is 1. The van der Waals surface area contributed by atoms with Gasteiger partial charge in [0, 0.05) is 6.04 Å². The Bertz CT molecular complexity index is 531. The highest BCUT2D eigenvalue weighted by atomic mass is 16.5. The Morgan fingerprint density at radius 3 is 2.35 bits per heavy atom. The van der Waals surface area contributed by atoms with Crippen LogP contribution in [0.5, 0.6) is 5.75 Å². The average Bonchev–Trinajstić information content (AvgIpc) is 3.31. The lowest BCUT2D eigenvalue weighted by molar-refractivity contribution is 0.306. The minimum atomic E-state index is 0.172. The molecular weight excluding hydrogens is 246 g/mol. The van der Waals surface area contributed by atoms with Crippen molar-refractivity contribution in [3.8, 4) is 5.75 Å². The zero-order valence-corrected chi connectivity index (χ0v) is 11.7. The van der Waals surface area contributed by atoms with Crippen LogP contribution >= 0.6 is 0 Å². The van der Waals surface area contributed by atoms with Crippen molar-refractivity contribution in [2.45, 2.75) is 31.9 Å². The summed E-state index contributed by atoms with van der Waals surface area (Å²) in [6.07, 6.45) is 3.82. The van der Waals surface area contributed by atoms with E-state index in [4.69, 9.17) is 10.5 Å². The molecule has 0 radical (unpaired) electrons. The minimum absolute atomic E-state index is 0.172. The predicted octanol–water partition coefficient (Wildman–Crippen LogP) is 4.07. The van der Waals surface area contributed by atoms with Crippen molar-refractivity contribution < 1.29 is 4.74 Å². The van der Waals surface area contributed by atoms with Gasteiger partial charge in [-0.3, -0.25) is 0 Å². The van der Waals surface area contributed by atoms with Crippen LogP contribution in [0, 0.1) is 5.92 Å². The maximum Gasteiger partial charge on any atom is 0.119 e. The van der Waals surface area contributed by atoms with E-state index in [0.717, 1.165) is 18.1 Å². The van der Waals surface area contributed by atoms with Gasteiger partial charge in [-0.2, -0.15) is 0 Å². The van der Waals surface area contributed by atoms with Crippen molar-refractivity contribution in [1.29, 1.82) is 0 Å². The van der Waals surface area contributed by atoms with E-state index < -0.39 is 0 Å². The fourth-order valence-corrected chi connectivity index (χ4v) is 2.40. The first-order valence-electron chi connectivity index (χ1n) is 7.33. The van der Waals surface area contributed by atoms with Gasteiger partial charge in [0.25, 0.3) is 0 Å². The second-order valence-electron chi connectivity index (χ2n) is 5.63. The SMILES string of the molecule is N[C@H](CC1CC1)c1ccc(OCc2ccccc2)cc1. The first-order valence-corrected chi connectivity index (χ1v) is 7.33. The largest absolute Gasteiger partial charge is 0.489 e. The molecule has 0 amide bonds. The highest BCUT2D eigenvalue weighted by Gasteiger charge is 2.24. The van der Waals surface area contributed by atoms with Crippen LogP contribution in [0.15, 0.2) is 54.6 Å². The van der Waals surface area contributed by atoms with Crippen LogP contribution in [0.25, 0.3) is 0 Å². The number of hydrogen-bond donors (Lipinski definition) is 1. The molecule has 2 aromatic carbocycles. The van der Waals surface area contributed by atoms with Gasteiger partial charge in [-0.05, 0) is 35.6 Å². The van der Waals surface area contributed by atoms with E-state index in [1.807, 2.05) is 30.3 Å². The Labute approximate surface area is 120 Å². The average molecular weight is 267 g/mol. The summed E-state index contributed by atoms with van der Waals surface area (Å²) in [5.74, 6) is 1.76. The lowest BCUT2D eigenvalue weighted by Gasteiger charge is -2.12. The molecule has 2 heteroatoms. The van der Waals surface area contributed by atoms with E-state index in [-0.39, 0.29) is 6.04 Å². The molecule has 2 aromatic rings. The van der Waals surface area contributed by atoms with Crippen LogP contribution in [0.4, 0.5) is 0 Å². The van der Waals surface area contributed by atoms with Crippen LogP contribution in [-0.2, 0) is 6.61 Å². The van der Waals surface area contributed by atoms with Gasteiger partial charge in [0.15, 0.2) is 0 Å². The molecule has 104 valence electrons. The van der Waals surface area contributed by atoms with Crippen molar-refractivity contribution in [1.82, 2.24) is 0 Å². The summed E-state index contributed by atoms with van der Waals surface area (Å²) in [5, 5.41) is 0. The Morgan fingerprint density at radius 2 is 1.70 bits per heavy atom. The number of rotatable bonds is 6. The van der Waals surface area contributed by atoms with Gasteiger partial charge < -0.3 is 10.5 Å². The standard InChI is InChI=1S/C18H21NO/c19-18(12-14-6-7-14)16-8-10-17(11-9-16)20-13-15-4-2-1-3-5-15/h1-5,8-11,14,18H,6-7,12-13,19H2/t18-/m1/s1.